The zero-order valence-corrected chi connectivity index (χ0v) is 12.6. The molecule has 0 aliphatic rings. The van der Waals surface area contributed by atoms with E-state index < -0.39 is 11.5 Å². The Kier molecular flexibility index (Phi) is 4.76. The summed E-state index contributed by atoms with van der Waals surface area (Å²) in [6.07, 6.45) is 0. The minimum Gasteiger partial charge on any atom is -0.496 e. The number of benzene rings is 1. The predicted octanol–water partition coefficient (Wildman–Crippen LogP) is 2.17. The van der Waals surface area contributed by atoms with E-state index in [-0.39, 0.29) is 5.91 Å². The van der Waals surface area contributed by atoms with Gasteiger partial charge in [-0.3, -0.25) is 4.79 Å². The fraction of sp³-hybridized carbons (Fsp3) is 0.467. The zero-order valence-electron chi connectivity index (χ0n) is 12.6. The number of aliphatic carboxylic acids is 1. The molecule has 1 amide bonds. The van der Waals surface area contributed by atoms with Gasteiger partial charge in [-0.2, -0.15) is 0 Å². The third-order valence-corrected chi connectivity index (χ3v) is 3.53. The number of ether oxygens (including phenoxy) is 1. The maximum Gasteiger partial charge on any atom is 0.334 e. The van der Waals surface area contributed by atoms with Crippen LogP contribution in [-0.2, 0) is 15.1 Å². The van der Waals surface area contributed by atoms with Gasteiger partial charge in [-0.1, -0.05) is 11.6 Å². The Hall–Kier alpha value is -2.04. The average molecular weight is 279 g/mol. The van der Waals surface area contributed by atoms with E-state index in [1.807, 2.05) is 13.0 Å². The van der Waals surface area contributed by atoms with Gasteiger partial charge in [-0.05, 0) is 32.9 Å². The van der Waals surface area contributed by atoms with Crippen LogP contribution in [0.4, 0.5) is 0 Å². The molecule has 1 aromatic carbocycles. The van der Waals surface area contributed by atoms with Crippen LogP contribution in [0, 0.1) is 6.92 Å². The van der Waals surface area contributed by atoms with Crippen molar-refractivity contribution in [2.75, 3.05) is 13.7 Å². The first-order valence-electron chi connectivity index (χ1n) is 6.45. The van der Waals surface area contributed by atoms with E-state index in [1.54, 1.807) is 19.1 Å². The van der Waals surface area contributed by atoms with Crippen LogP contribution >= 0.6 is 0 Å². The number of carboxylic acid groups (broad SMARTS) is 1. The quantitative estimate of drug-likeness (QED) is 0.897. The number of hydrogen-bond acceptors (Lipinski definition) is 3. The monoisotopic (exact) mass is 279 g/mol. The second-order valence-electron chi connectivity index (χ2n) is 4.84. The largest absolute Gasteiger partial charge is 0.496 e. The van der Waals surface area contributed by atoms with Gasteiger partial charge in [0, 0.05) is 19.0 Å². The number of nitrogens with zero attached hydrogens (tertiary/aromatic N) is 1. The van der Waals surface area contributed by atoms with Crippen LogP contribution in [0.15, 0.2) is 18.2 Å². The molecule has 1 atom stereocenters. The van der Waals surface area contributed by atoms with Gasteiger partial charge in [0.05, 0.1) is 7.11 Å². The zero-order chi connectivity index (χ0) is 15.5. The highest BCUT2D eigenvalue weighted by Crippen LogP contribution is 2.36. The fourth-order valence-corrected chi connectivity index (χ4v) is 2.43. The molecule has 1 unspecified atom stereocenters. The van der Waals surface area contributed by atoms with Crippen molar-refractivity contribution in [2.24, 2.45) is 0 Å². The van der Waals surface area contributed by atoms with Crippen LogP contribution in [0.2, 0.25) is 0 Å². The molecule has 0 aliphatic carbocycles. The number of carbonyl (C=O) groups is 2. The highest BCUT2D eigenvalue weighted by molar-refractivity contribution is 5.87. The third kappa shape index (κ3) is 2.61. The highest BCUT2D eigenvalue weighted by Gasteiger charge is 2.44. The molecule has 5 heteroatoms. The van der Waals surface area contributed by atoms with E-state index >= 15 is 0 Å². The Morgan fingerprint density at radius 2 is 2.00 bits per heavy atom. The summed E-state index contributed by atoms with van der Waals surface area (Å²) in [6, 6.07) is 5.31. The van der Waals surface area contributed by atoms with Gasteiger partial charge in [0.2, 0.25) is 5.91 Å². The molecular weight excluding hydrogens is 258 g/mol. The molecule has 20 heavy (non-hydrogen) atoms. The Morgan fingerprint density at radius 1 is 1.40 bits per heavy atom. The number of hydrogen-bond donors (Lipinski definition) is 1. The van der Waals surface area contributed by atoms with Crippen LogP contribution in [-0.4, -0.2) is 35.5 Å². The predicted molar refractivity (Wildman–Crippen MR) is 75.8 cm³/mol. The SMILES string of the molecule is CCN(C(C)=O)C(C)(C(=O)O)c1cc(C)ccc1OC. The summed E-state index contributed by atoms with van der Waals surface area (Å²) in [5, 5.41) is 9.70. The van der Waals surface area contributed by atoms with Crippen molar-refractivity contribution in [3.63, 3.8) is 0 Å². The van der Waals surface area contributed by atoms with E-state index in [0.717, 1.165) is 5.56 Å². The Labute approximate surface area is 119 Å². The molecule has 110 valence electrons. The van der Waals surface area contributed by atoms with Crippen molar-refractivity contribution in [1.82, 2.24) is 4.90 Å². The summed E-state index contributed by atoms with van der Waals surface area (Å²) in [5.74, 6) is -0.917. The summed E-state index contributed by atoms with van der Waals surface area (Å²) in [6.45, 7) is 6.82. The van der Waals surface area contributed by atoms with Gasteiger partial charge in [0.1, 0.15) is 5.75 Å². The van der Waals surface area contributed by atoms with Crippen LogP contribution in [0.5, 0.6) is 5.75 Å². The number of rotatable bonds is 5. The standard InChI is InChI=1S/C15H21NO4/c1-6-16(11(3)17)15(4,14(18)19)12-9-10(2)7-8-13(12)20-5/h7-9H,6H2,1-5H3,(H,18,19). The number of aryl methyl sites for hydroxylation is 1. The molecule has 5 nitrogen and oxygen atoms in total. The van der Waals surface area contributed by atoms with Gasteiger partial charge in [0.15, 0.2) is 5.54 Å². The van der Waals surface area contributed by atoms with E-state index in [4.69, 9.17) is 4.74 Å². The van der Waals surface area contributed by atoms with E-state index in [2.05, 4.69) is 0 Å². The van der Waals surface area contributed by atoms with Gasteiger partial charge in [-0.15, -0.1) is 0 Å². The molecule has 0 radical (unpaired) electrons. The van der Waals surface area contributed by atoms with Crippen molar-refractivity contribution in [3.8, 4) is 5.75 Å². The normalized spacial score (nSPS) is 13.4. The van der Waals surface area contributed by atoms with E-state index in [1.165, 1.54) is 25.9 Å². The lowest BCUT2D eigenvalue weighted by Gasteiger charge is -2.37. The summed E-state index contributed by atoms with van der Waals surface area (Å²) >= 11 is 0. The third-order valence-electron chi connectivity index (χ3n) is 3.53. The van der Waals surface area contributed by atoms with Crippen molar-refractivity contribution in [2.45, 2.75) is 33.2 Å². The second kappa shape index (κ2) is 5.94. The summed E-state index contributed by atoms with van der Waals surface area (Å²) in [5.41, 5.74) is -0.0739. The summed E-state index contributed by atoms with van der Waals surface area (Å²) in [7, 11) is 1.49. The summed E-state index contributed by atoms with van der Waals surface area (Å²) in [4.78, 5) is 25.0. The van der Waals surface area contributed by atoms with Crippen molar-refractivity contribution >= 4 is 11.9 Å². The van der Waals surface area contributed by atoms with Crippen LogP contribution in [0.1, 0.15) is 31.9 Å². The lowest BCUT2D eigenvalue weighted by molar-refractivity contribution is -0.158. The first kappa shape index (κ1) is 16.0. The first-order valence-corrected chi connectivity index (χ1v) is 6.45. The Balaban J connectivity index is 3.59. The first-order chi connectivity index (χ1) is 9.28. The number of carboxylic acids is 1. The van der Waals surface area contributed by atoms with Gasteiger partial charge < -0.3 is 14.7 Å². The Morgan fingerprint density at radius 3 is 2.40 bits per heavy atom. The fourth-order valence-electron chi connectivity index (χ4n) is 2.43. The molecule has 0 aromatic heterocycles. The number of methoxy groups -OCH3 is 1. The number of amides is 1. The van der Waals surface area contributed by atoms with Gasteiger partial charge >= 0.3 is 5.97 Å². The lowest BCUT2D eigenvalue weighted by Crippen LogP contribution is -2.52. The number of carbonyl (C=O) groups excluding carboxylic acids is 1. The molecule has 1 aromatic rings. The minimum atomic E-state index is -1.46. The molecule has 0 saturated carbocycles. The molecule has 0 aliphatic heterocycles. The highest BCUT2D eigenvalue weighted by atomic mass is 16.5. The smallest absolute Gasteiger partial charge is 0.334 e. The topological polar surface area (TPSA) is 66.8 Å². The van der Waals surface area contributed by atoms with Crippen LogP contribution < -0.4 is 4.74 Å². The Bertz CT molecular complexity index is 527. The molecule has 0 fully saturated rings. The maximum absolute atomic E-state index is 11.9. The molecule has 0 saturated heterocycles. The van der Waals surface area contributed by atoms with E-state index in [0.29, 0.717) is 17.9 Å². The van der Waals surface area contributed by atoms with Crippen molar-refractivity contribution in [3.05, 3.63) is 29.3 Å². The second-order valence-corrected chi connectivity index (χ2v) is 4.84. The summed E-state index contributed by atoms with van der Waals surface area (Å²) < 4.78 is 5.27. The van der Waals surface area contributed by atoms with Crippen molar-refractivity contribution < 1.29 is 19.4 Å². The van der Waals surface area contributed by atoms with Gasteiger partial charge in [-0.25, -0.2) is 4.79 Å². The molecule has 0 heterocycles. The van der Waals surface area contributed by atoms with E-state index in [9.17, 15) is 14.7 Å². The molecule has 1 rings (SSSR count). The molecular formula is C15H21NO4. The van der Waals surface area contributed by atoms with Crippen LogP contribution in [0.25, 0.3) is 0 Å². The maximum atomic E-state index is 11.9. The lowest BCUT2D eigenvalue weighted by atomic mass is 9.88. The van der Waals surface area contributed by atoms with Crippen molar-refractivity contribution in [1.29, 1.82) is 0 Å². The molecule has 0 bridgehead atoms. The minimum absolute atomic E-state index is 0.291. The average Bonchev–Trinajstić information content (AvgIpc) is 2.38. The molecule has 1 N–H and O–H groups in total. The molecule has 0 spiro atoms. The van der Waals surface area contributed by atoms with Crippen LogP contribution in [0.3, 0.4) is 0 Å². The number of likely N-dealkylation sites (N-methyl/N-ethyl adjacent to an activating group) is 1. The van der Waals surface area contributed by atoms with Gasteiger partial charge in [0.25, 0.3) is 0 Å².